The summed E-state index contributed by atoms with van der Waals surface area (Å²) in [5.41, 5.74) is -0.0518. The maximum absolute atomic E-state index is 13.4. The molecule has 1 saturated heterocycles. The summed E-state index contributed by atoms with van der Waals surface area (Å²) in [6.45, 7) is 5.99. The Morgan fingerprint density at radius 3 is 2.25 bits per heavy atom. The Morgan fingerprint density at radius 1 is 1.17 bits per heavy atom. The first-order valence-electron chi connectivity index (χ1n) is 8.11. The Balaban J connectivity index is 2.03. The highest BCUT2D eigenvalue weighted by atomic mass is 35.5. The van der Waals surface area contributed by atoms with Crippen molar-refractivity contribution >= 4 is 23.4 Å². The zero-order valence-corrected chi connectivity index (χ0v) is 14.6. The molecule has 0 atom stereocenters. The second kappa shape index (κ2) is 7.92. The van der Waals surface area contributed by atoms with Crippen molar-refractivity contribution in [3.63, 3.8) is 0 Å². The number of carbonyl (C=O) groups excluding carboxylic acids is 2. The number of nitrogens with zero attached hydrogens (tertiary/aromatic N) is 2. The van der Waals surface area contributed by atoms with Gasteiger partial charge in [0.2, 0.25) is 5.91 Å². The molecular weight excluding hydrogens is 338 g/mol. The van der Waals surface area contributed by atoms with E-state index in [2.05, 4.69) is 0 Å². The molecule has 0 N–H and O–H groups in total. The smallest absolute Gasteiger partial charge is 0.255 e. The molecule has 1 aromatic rings. The number of benzene rings is 1. The summed E-state index contributed by atoms with van der Waals surface area (Å²) < 4.78 is 26.5. The fraction of sp³-hybridized carbons (Fsp3) is 0.529. The predicted molar refractivity (Wildman–Crippen MR) is 87.9 cm³/mol. The molecule has 0 unspecified atom stereocenters. The van der Waals surface area contributed by atoms with Crippen LogP contribution in [0.1, 0.15) is 37.0 Å². The lowest BCUT2D eigenvalue weighted by Crippen LogP contribution is -2.44. The fourth-order valence-corrected chi connectivity index (χ4v) is 3.21. The molecule has 1 aliphatic heterocycles. The summed E-state index contributed by atoms with van der Waals surface area (Å²) in [5, 5.41) is -0.111. The van der Waals surface area contributed by atoms with Gasteiger partial charge in [0.25, 0.3) is 5.91 Å². The van der Waals surface area contributed by atoms with Crippen molar-refractivity contribution in [2.45, 2.75) is 26.7 Å². The molecule has 7 heteroatoms. The third-order valence-corrected chi connectivity index (χ3v) is 4.76. The van der Waals surface area contributed by atoms with E-state index in [4.69, 9.17) is 11.6 Å². The molecule has 2 amide bonds. The molecule has 2 rings (SSSR count). The van der Waals surface area contributed by atoms with E-state index in [9.17, 15) is 18.4 Å². The van der Waals surface area contributed by atoms with Crippen molar-refractivity contribution in [1.29, 1.82) is 0 Å². The number of halogens is 3. The van der Waals surface area contributed by atoms with Crippen LogP contribution in [0, 0.1) is 17.6 Å². The highest BCUT2D eigenvalue weighted by molar-refractivity contribution is 6.33. The third kappa shape index (κ3) is 3.86. The zero-order valence-electron chi connectivity index (χ0n) is 13.8. The van der Waals surface area contributed by atoms with Crippen LogP contribution in [0.5, 0.6) is 0 Å². The molecule has 0 aromatic heterocycles. The van der Waals surface area contributed by atoms with E-state index in [0.29, 0.717) is 39.0 Å². The minimum atomic E-state index is -1.10. The van der Waals surface area contributed by atoms with E-state index in [1.165, 1.54) is 4.90 Å². The van der Waals surface area contributed by atoms with E-state index in [1.54, 1.807) is 4.90 Å². The highest BCUT2D eigenvalue weighted by Crippen LogP contribution is 2.25. The number of carbonyl (C=O) groups is 2. The summed E-state index contributed by atoms with van der Waals surface area (Å²) in [6, 6.07) is 1.63. The largest absolute Gasteiger partial charge is 0.343 e. The Labute approximate surface area is 145 Å². The van der Waals surface area contributed by atoms with E-state index in [1.807, 2.05) is 13.8 Å². The van der Waals surface area contributed by atoms with Gasteiger partial charge >= 0.3 is 0 Å². The average molecular weight is 359 g/mol. The van der Waals surface area contributed by atoms with Crippen molar-refractivity contribution in [3.05, 3.63) is 34.4 Å². The van der Waals surface area contributed by atoms with Crippen LogP contribution in [-0.2, 0) is 4.79 Å². The van der Waals surface area contributed by atoms with Gasteiger partial charge in [-0.3, -0.25) is 9.59 Å². The van der Waals surface area contributed by atoms with Gasteiger partial charge in [0.1, 0.15) is 0 Å². The first kappa shape index (κ1) is 18.6. The van der Waals surface area contributed by atoms with Crippen LogP contribution in [0.25, 0.3) is 0 Å². The van der Waals surface area contributed by atoms with E-state index in [-0.39, 0.29) is 22.4 Å². The number of hydrogen-bond donors (Lipinski definition) is 0. The molecule has 24 heavy (non-hydrogen) atoms. The summed E-state index contributed by atoms with van der Waals surface area (Å²) in [5.74, 6) is -2.62. The maximum Gasteiger partial charge on any atom is 0.255 e. The van der Waals surface area contributed by atoms with Gasteiger partial charge in [-0.15, -0.1) is 0 Å². The SMILES string of the molecule is CCN(CC)C(=O)C1CCN(C(=O)c2cc(F)c(F)cc2Cl)CC1. The standard InChI is InChI=1S/C17H21ClF2N2O2/c1-3-21(4-2)16(23)11-5-7-22(8-6-11)17(24)12-9-14(19)15(20)10-13(12)18/h9-11H,3-8H2,1-2H3. The van der Waals surface area contributed by atoms with E-state index in [0.717, 1.165) is 12.1 Å². The van der Waals surface area contributed by atoms with Crippen LogP contribution in [0.15, 0.2) is 12.1 Å². The monoisotopic (exact) mass is 358 g/mol. The van der Waals surface area contributed by atoms with Crippen molar-refractivity contribution in [3.8, 4) is 0 Å². The molecule has 1 aromatic carbocycles. The van der Waals surface area contributed by atoms with Gasteiger partial charge in [-0.05, 0) is 38.8 Å². The van der Waals surface area contributed by atoms with Crippen molar-refractivity contribution in [2.24, 2.45) is 5.92 Å². The lowest BCUT2D eigenvalue weighted by molar-refractivity contribution is -0.136. The lowest BCUT2D eigenvalue weighted by Gasteiger charge is -2.34. The number of amides is 2. The Bertz CT molecular complexity index is 627. The van der Waals surface area contributed by atoms with Gasteiger partial charge in [-0.2, -0.15) is 0 Å². The minimum absolute atomic E-state index is 0.0518. The molecule has 132 valence electrons. The Hall–Kier alpha value is -1.69. The molecule has 1 aliphatic rings. The first-order chi connectivity index (χ1) is 11.4. The van der Waals surface area contributed by atoms with Gasteiger partial charge in [0, 0.05) is 32.1 Å². The summed E-state index contributed by atoms with van der Waals surface area (Å²) in [7, 11) is 0. The molecular formula is C17H21ClF2N2O2. The predicted octanol–water partition coefficient (Wildman–Crippen LogP) is 3.34. The molecule has 0 bridgehead atoms. The van der Waals surface area contributed by atoms with Gasteiger partial charge in [0.05, 0.1) is 10.6 Å². The van der Waals surface area contributed by atoms with Crippen LogP contribution >= 0.6 is 11.6 Å². The van der Waals surface area contributed by atoms with Gasteiger partial charge < -0.3 is 9.80 Å². The zero-order chi connectivity index (χ0) is 17.9. The summed E-state index contributed by atoms with van der Waals surface area (Å²) >= 11 is 5.86. The molecule has 0 spiro atoms. The second-order valence-corrected chi connectivity index (χ2v) is 6.23. The Morgan fingerprint density at radius 2 is 1.71 bits per heavy atom. The topological polar surface area (TPSA) is 40.6 Å². The molecule has 0 saturated carbocycles. The maximum atomic E-state index is 13.4. The van der Waals surface area contributed by atoms with Gasteiger partial charge in [0.15, 0.2) is 11.6 Å². The van der Waals surface area contributed by atoms with Gasteiger partial charge in [-0.1, -0.05) is 11.6 Å². The highest BCUT2D eigenvalue weighted by Gasteiger charge is 2.30. The molecule has 0 radical (unpaired) electrons. The molecule has 1 heterocycles. The molecule has 0 aliphatic carbocycles. The lowest BCUT2D eigenvalue weighted by atomic mass is 9.94. The fourth-order valence-electron chi connectivity index (χ4n) is 2.98. The van der Waals surface area contributed by atoms with Crippen molar-refractivity contribution in [1.82, 2.24) is 9.80 Å². The molecule has 4 nitrogen and oxygen atoms in total. The number of hydrogen-bond acceptors (Lipinski definition) is 2. The van der Waals surface area contributed by atoms with Crippen LogP contribution < -0.4 is 0 Å². The number of piperidine rings is 1. The number of likely N-dealkylation sites (tertiary alicyclic amines) is 1. The molecule has 1 fully saturated rings. The first-order valence-corrected chi connectivity index (χ1v) is 8.49. The van der Waals surface area contributed by atoms with Crippen LogP contribution in [0.3, 0.4) is 0 Å². The summed E-state index contributed by atoms with van der Waals surface area (Å²) in [4.78, 5) is 28.1. The Kier molecular flexibility index (Phi) is 6.15. The number of rotatable bonds is 4. The second-order valence-electron chi connectivity index (χ2n) is 5.82. The average Bonchev–Trinajstić information content (AvgIpc) is 2.58. The van der Waals surface area contributed by atoms with E-state index >= 15 is 0 Å². The van der Waals surface area contributed by atoms with Crippen molar-refractivity contribution < 1.29 is 18.4 Å². The summed E-state index contributed by atoms with van der Waals surface area (Å²) in [6.07, 6.45) is 1.12. The van der Waals surface area contributed by atoms with Gasteiger partial charge in [-0.25, -0.2) is 8.78 Å². The normalized spacial score (nSPS) is 15.5. The quantitative estimate of drug-likeness (QED) is 0.774. The minimum Gasteiger partial charge on any atom is -0.343 e. The van der Waals surface area contributed by atoms with Crippen molar-refractivity contribution in [2.75, 3.05) is 26.2 Å². The van der Waals surface area contributed by atoms with Crippen LogP contribution in [-0.4, -0.2) is 47.8 Å². The van der Waals surface area contributed by atoms with E-state index < -0.39 is 17.5 Å². The van der Waals surface area contributed by atoms with Crippen LogP contribution in [0.4, 0.5) is 8.78 Å². The van der Waals surface area contributed by atoms with Crippen LogP contribution in [0.2, 0.25) is 5.02 Å². The third-order valence-electron chi connectivity index (χ3n) is 4.45.